The van der Waals surface area contributed by atoms with Crippen molar-refractivity contribution >= 4 is 46.4 Å². The lowest BCUT2D eigenvalue weighted by Gasteiger charge is -2.13. The van der Waals surface area contributed by atoms with E-state index in [4.69, 9.17) is 44.3 Å². The maximum Gasteiger partial charge on any atom is 0.230 e. The Morgan fingerprint density at radius 2 is 1.89 bits per heavy atom. The van der Waals surface area contributed by atoms with Gasteiger partial charge in [0.25, 0.3) is 0 Å². The van der Waals surface area contributed by atoms with E-state index in [1.807, 2.05) is 0 Å². The van der Waals surface area contributed by atoms with Crippen molar-refractivity contribution in [1.82, 2.24) is 0 Å². The second-order valence-corrected chi connectivity index (χ2v) is 6.14. The number of nitrogens with one attached hydrogen (secondary N) is 1. The summed E-state index contributed by atoms with van der Waals surface area (Å²) in [6.07, 6.45) is 0.439. The van der Waals surface area contributed by atoms with E-state index in [9.17, 15) is 4.79 Å². The number of methoxy groups -OCH3 is 2. The van der Waals surface area contributed by atoms with Gasteiger partial charge in [-0.05, 0) is 12.5 Å². The summed E-state index contributed by atoms with van der Waals surface area (Å²) in [4.78, 5) is 11.9. The molecule has 1 atom stereocenters. The molecule has 1 aromatic carbocycles. The topological polar surface area (TPSA) is 47.6 Å². The zero-order valence-electron chi connectivity index (χ0n) is 10.3. The Kier molecular flexibility index (Phi) is 4.04. The Hall–Kier alpha value is -0.840. The fraction of sp³-hybridized carbons (Fsp3) is 0.417. The van der Waals surface area contributed by atoms with Crippen LogP contribution >= 0.6 is 34.8 Å². The highest BCUT2D eigenvalue weighted by molar-refractivity contribution is 6.52. The molecule has 1 aliphatic rings. The van der Waals surface area contributed by atoms with E-state index in [2.05, 4.69) is 5.32 Å². The molecule has 1 aliphatic carbocycles. The molecule has 0 saturated heterocycles. The minimum atomic E-state index is -0.965. The van der Waals surface area contributed by atoms with Crippen LogP contribution in [0.2, 0.25) is 5.02 Å². The summed E-state index contributed by atoms with van der Waals surface area (Å²) >= 11 is 17.7. The monoisotopic (exact) mass is 323 g/mol. The number of hydrogen-bond acceptors (Lipinski definition) is 3. The Balaban J connectivity index is 2.20. The van der Waals surface area contributed by atoms with Crippen LogP contribution in [0.1, 0.15) is 6.42 Å². The third-order valence-electron chi connectivity index (χ3n) is 2.87. The molecule has 7 heteroatoms. The maximum absolute atomic E-state index is 11.9. The van der Waals surface area contributed by atoms with Crippen molar-refractivity contribution < 1.29 is 14.3 Å². The van der Waals surface area contributed by atoms with Crippen molar-refractivity contribution in [3.05, 3.63) is 17.2 Å². The number of benzene rings is 1. The smallest absolute Gasteiger partial charge is 0.230 e. The first-order chi connectivity index (χ1) is 8.89. The van der Waals surface area contributed by atoms with Crippen LogP contribution in [0.4, 0.5) is 5.69 Å². The van der Waals surface area contributed by atoms with Crippen LogP contribution in [0.5, 0.6) is 11.5 Å². The molecule has 1 unspecified atom stereocenters. The minimum absolute atomic E-state index is 0.260. The van der Waals surface area contributed by atoms with Crippen LogP contribution in [-0.4, -0.2) is 24.5 Å². The van der Waals surface area contributed by atoms with Crippen LogP contribution < -0.4 is 14.8 Å². The van der Waals surface area contributed by atoms with E-state index in [0.717, 1.165) is 0 Å². The Morgan fingerprint density at radius 1 is 1.32 bits per heavy atom. The van der Waals surface area contributed by atoms with Crippen molar-refractivity contribution in [2.24, 2.45) is 5.92 Å². The van der Waals surface area contributed by atoms with E-state index >= 15 is 0 Å². The predicted molar refractivity (Wildman–Crippen MR) is 75.7 cm³/mol. The Morgan fingerprint density at radius 3 is 2.37 bits per heavy atom. The highest BCUT2D eigenvalue weighted by atomic mass is 35.5. The van der Waals surface area contributed by atoms with Gasteiger partial charge in [0.2, 0.25) is 5.91 Å². The van der Waals surface area contributed by atoms with E-state index < -0.39 is 10.3 Å². The zero-order chi connectivity index (χ0) is 14.2. The molecule has 0 heterocycles. The molecule has 0 radical (unpaired) electrons. The second kappa shape index (κ2) is 5.27. The van der Waals surface area contributed by atoms with Crippen molar-refractivity contribution in [2.45, 2.75) is 10.8 Å². The number of halogens is 3. The zero-order valence-corrected chi connectivity index (χ0v) is 12.6. The molecule has 1 amide bonds. The van der Waals surface area contributed by atoms with E-state index in [-0.39, 0.29) is 5.91 Å². The number of ether oxygens (including phenoxy) is 2. The van der Waals surface area contributed by atoms with Gasteiger partial charge in [0.1, 0.15) is 15.8 Å². The third-order valence-corrected chi connectivity index (χ3v) is 4.01. The molecule has 4 nitrogen and oxygen atoms in total. The Bertz CT molecular complexity index is 519. The van der Waals surface area contributed by atoms with Gasteiger partial charge in [-0.15, -0.1) is 23.2 Å². The van der Waals surface area contributed by atoms with Gasteiger partial charge in [-0.3, -0.25) is 4.79 Å². The van der Waals surface area contributed by atoms with E-state index in [1.54, 1.807) is 12.1 Å². The molecule has 2 rings (SSSR count). The fourth-order valence-corrected chi connectivity index (χ4v) is 2.42. The Labute approximate surface area is 125 Å². The molecule has 0 aromatic heterocycles. The number of alkyl halides is 2. The quantitative estimate of drug-likeness (QED) is 0.862. The van der Waals surface area contributed by atoms with Gasteiger partial charge in [0.05, 0.1) is 30.8 Å². The minimum Gasteiger partial charge on any atom is -0.495 e. The van der Waals surface area contributed by atoms with Crippen molar-refractivity contribution in [3.8, 4) is 11.5 Å². The third kappa shape index (κ3) is 3.02. The van der Waals surface area contributed by atoms with Gasteiger partial charge in [-0.25, -0.2) is 0 Å². The summed E-state index contributed by atoms with van der Waals surface area (Å²) in [7, 11) is 2.99. The molecule has 1 fully saturated rings. The molecule has 104 valence electrons. The summed E-state index contributed by atoms with van der Waals surface area (Å²) in [6, 6.07) is 3.16. The van der Waals surface area contributed by atoms with Crippen molar-refractivity contribution in [3.63, 3.8) is 0 Å². The molecule has 0 aliphatic heterocycles. The highest BCUT2D eigenvalue weighted by Crippen LogP contribution is 2.53. The molecule has 1 aromatic rings. The van der Waals surface area contributed by atoms with Crippen LogP contribution in [-0.2, 0) is 4.79 Å². The normalized spacial score (nSPS) is 19.7. The van der Waals surface area contributed by atoms with Crippen LogP contribution in [0, 0.1) is 5.92 Å². The van der Waals surface area contributed by atoms with Gasteiger partial charge in [0.15, 0.2) is 0 Å². The number of carbonyl (C=O) groups is 1. The van der Waals surface area contributed by atoms with E-state index in [1.165, 1.54) is 14.2 Å². The lowest BCUT2D eigenvalue weighted by molar-refractivity contribution is -0.117. The first kappa shape index (κ1) is 14.6. The van der Waals surface area contributed by atoms with Crippen LogP contribution in [0.25, 0.3) is 0 Å². The van der Waals surface area contributed by atoms with Gasteiger partial charge < -0.3 is 14.8 Å². The summed E-state index contributed by atoms with van der Waals surface area (Å²) in [6.45, 7) is 0. The lowest BCUT2D eigenvalue weighted by Crippen LogP contribution is -2.17. The largest absolute Gasteiger partial charge is 0.495 e. The summed E-state index contributed by atoms with van der Waals surface area (Å²) in [5.74, 6) is 0.239. The second-order valence-electron chi connectivity index (χ2n) is 4.19. The standard InChI is InChI=1S/C12H12Cl3NO3/c1-18-9-4-10(19-2)8(3-7(9)13)16-11(17)6-5-12(6,14)15/h3-4,6H,5H2,1-2H3,(H,16,17). The molecular formula is C12H12Cl3NO3. The fourth-order valence-electron chi connectivity index (χ4n) is 1.68. The first-order valence-electron chi connectivity index (χ1n) is 5.49. The first-order valence-corrected chi connectivity index (χ1v) is 6.62. The maximum atomic E-state index is 11.9. The number of carbonyl (C=O) groups excluding carboxylic acids is 1. The summed E-state index contributed by atoms with van der Waals surface area (Å²) in [5.41, 5.74) is 0.453. The number of hydrogen-bond donors (Lipinski definition) is 1. The van der Waals surface area contributed by atoms with Crippen molar-refractivity contribution in [1.29, 1.82) is 0 Å². The molecule has 1 N–H and O–H groups in total. The number of amides is 1. The van der Waals surface area contributed by atoms with Gasteiger partial charge in [0, 0.05) is 6.07 Å². The number of rotatable bonds is 4. The molecular weight excluding hydrogens is 312 g/mol. The molecule has 0 spiro atoms. The summed E-state index contributed by atoms with van der Waals surface area (Å²) < 4.78 is 9.29. The SMILES string of the molecule is COc1cc(OC)c(NC(=O)C2CC2(Cl)Cl)cc1Cl. The predicted octanol–water partition coefficient (Wildman–Crippen LogP) is 3.49. The van der Waals surface area contributed by atoms with Gasteiger partial charge in [-0.2, -0.15) is 0 Å². The molecule has 1 saturated carbocycles. The van der Waals surface area contributed by atoms with Crippen LogP contribution in [0.3, 0.4) is 0 Å². The van der Waals surface area contributed by atoms with Crippen molar-refractivity contribution in [2.75, 3.05) is 19.5 Å². The van der Waals surface area contributed by atoms with Gasteiger partial charge >= 0.3 is 0 Å². The molecule has 0 bridgehead atoms. The van der Waals surface area contributed by atoms with Gasteiger partial charge in [-0.1, -0.05) is 11.6 Å². The van der Waals surface area contributed by atoms with E-state index in [0.29, 0.717) is 28.6 Å². The summed E-state index contributed by atoms with van der Waals surface area (Å²) in [5, 5.41) is 3.07. The number of anilines is 1. The molecule has 19 heavy (non-hydrogen) atoms. The highest BCUT2D eigenvalue weighted by Gasteiger charge is 2.56. The average Bonchev–Trinajstić information content (AvgIpc) is 2.99. The van der Waals surface area contributed by atoms with Crippen LogP contribution in [0.15, 0.2) is 12.1 Å². The average molecular weight is 325 g/mol. The lowest BCUT2D eigenvalue weighted by atomic mass is 10.2.